The summed E-state index contributed by atoms with van der Waals surface area (Å²) in [6, 6.07) is 12.5. The first-order chi connectivity index (χ1) is 15.1. The maximum Gasteiger partial charge on any atom is 0.244 e. The van der Waals surface area contributed by atoms with Crippen molar-refractivity contribution in [2.45, 2.75) is 26.4 Å². The fraction of sp³-hybridized carbons (Fsp3) is 0.364. The van der Waals surface area contributed by atoms with Gasteiger partial charge in [0.2, 0.25) is 21.8 Å². The van der Waals surface area contributed by atoms with Crippen LogP contribution in [0.4, 0.5) is 5.69 Å². The fourth-order valence-corrected chi connectivity index (χ4v) is 4.10. The van der Waals surface area contributed by atoms with Crippen LogP contribution >= 0.6 is 11.6 Å². The second kappa shape index (κ2) is 11.2. The molecule has 2 aromatic carbocycles. The predicted octanol–water partition coefficient (Wildman–Crippen LogP) is 2.67. The first kappa shape index (κ1) is 25.5. The van der Waals surface area contributed by atoms with E-state index in [0.29, 0.717) is 17.3 Å². The summed E-state index contributed by atoms with van der Waals surface area (Å²) < 4.78 is 31.0. The molecule has 0 aromatic heterocycles. The number of likely N-dealkylation sites (N-methyl/N-ethyl adjacent to an activating group) is 1. The average Bonchev–Trinajstić information content (AvgIpc) is 2.75. The van der Waals surface area contributed by atoms with E-state index in [-0.39, 0.29) is 18.1 Å². The van der Waals surface area contributed by atoms with Gasteiger partial charge in [0.05, 0.1) is 19.1 Å². The zero-order valence-corrected chi connectivity index (χ0v) is 20.1. The lowest BCUT2D eigenvalue weighted by Crippen LogP contribution is -2.51. The van der Waals surface area contributed by atoms with Gasteiger partial charge in [0, 0.05) is 18.1 Å². The van der Waals surface area contributed by atoms with Gasteiger partial charge >= 0.3 is 0 Å². The Balaban J connectivity index is 2.36. The van der Waals surface area contributed by atoms with Crippen LogP contribution in [0.25, 0.3) is 0 Å². The number of anilines is 1. The van der Waals surface area contributed by atoms with Crippen molar-refractivity contribution < 1.29 is 22.7 Å². The molecule has 0 aliphatic heterocycles. The Morgan fingerprint density at radius 3 is 2.34 bits per heavy atom. The molecule has 32 heavy (non-hydrogen) atoms. The van der Waals surface area contributed by atoms with Gasteiger partial charge < -0.3 is 15.0 Å². The molecule has 2 aromatic rings. The summed E-state index contributed by atoms with van der Waals surface area (Å²) in [6.45, 7) is 3.44. The summed E-state index contributed by atoms with van der Waals surface area (Å²) in [5.41, 5.74) is 1.03. The summed E-state index contributed by atoms with van der Waals surface area (Å²) >= 11 is 6.02. The maximum atomic E-state index is 13.3. The molecular formula is C22H28ClN3O5S. The third kappa shape index (κ3) is 6.86. The number of carbonyl (C=O) groups excluding carboxylic acids is 2. The number of ether oxygens (including phenoxy) is 1. The van der Waals surface area contributed by atoms with Crippen molar-refractivity contribution in [3.05, 3.63) is 59.1 Å². The second-order valence-electron chi connectivity index (χ2n) is 7.19. The van der Waals surface area contributed by atoms with Crippen LogP contribution in [0.3, 0.4) is 0 Å². The molecule has 0 bridgehead atoms. The van der Waals surface area contributed by atoms with Crippen LogP contribution in [0.5, 0.6) is 5.75 Å². The molecule has 2 amide bonds. The number of nitrogens with one attached hydrogen (secondary N) is 1. The van der Waals surface area contributed by atoms with Crippen molar-refractivity contribution >= 4 is 39.1 Å². The van der Waals surface area contributed by atoms with Crippen molar-refractivity contribution in [1.82, 2.24) is 10.2 Å². The average molecular weight is 482 g/mol. The Morgan fingerprint density at radius 2 is 1.81 bits per heavy atom. The van der Waals surface area contributed by atoms with Gasteiger partial charge in [-0.25, -0.2) is 8.42 Å². The van der Waals surface area contributed by atoms with Crippen molar-refractivity contribution in [2.24, 2.45) is 0 Å². The van der Waals surface area contributed by atoms with Crippen molar-refractivity contribution in [2.75, 3.05) is 30.8 Å². The molecule has 8 nitrogen and oxygen atoms in total. The van der Waals surface area contributed by atoms with Gasteiger partial charge in [0.15, 0.2) is 0 Å². The van der Waals surface area contributed by atoms with Gasteiger partial charge in [0.1, 0.15) is 18.3 Å². The van der Waals surface area contributed by atoms with Gasteiger partial charge in [-0.15, -0.1) is 0 Å². The number of amides is 2. The quantitative estimate of drug-likeness (QED) is 0.562. The minimum Gasteiger partial charge on any atom is -0.497 e. The Bertz CT molecular complexity index is 1040. The first-order valence-electron chi connectivity index (χ1n) is 10.00. The maximum absolute atomic E-state index is 13.3. The van der Waals surface area contributed by atoms with Gasteiger partial charge in [-0.3, -0.25) is 13.9 Å². The molecular weight excluding hydrogens is 454 g/mol. The normalized spacial score (nSPS) is 12.0. The van der Waals surface area contributed by atoms with Crippen LogP contribution in [0.15, 0.2) is 48.5 Å². The Morgan fingerprint density at radius 1 is 1.16 bits per heavy atom. The van der Waals surface area contributed by atoms with Gasteiger partial charge in [-0.1, -0.05) is 29.8 Å². The number of benzene rings is 2. The number of hydrogen-bond donors (Lipinski definition) is 1. The van der Waals surface area contributed by atoms with Crippen LogP contribution in [0, 0.1) is 0 Å². The van der Waals surface area contributed by atoms with Crippen LogP contribution in [0.2, 0.25) is 5.02 Å². The Kier molecular flexibility index (Phi) is 8.91. The standard InChI is InChI=1S/C22H28ClN3O5S/c1-5-24-22(28)16(2)25(14-17-9-11-20(31-3)12-10-17)21(27)15-26(32(4,29)30)19-8-6-7-18(23)13-19/h6-13,16H,5,14-15H2,1-4H3,(H,24,28)/t16-/m1/s1. The summed E-state index contributed by atoms with van der Waals surface area (Å²) in [5.74, 6) is -0.194. The monoisotopic (exact) mass is 481 g/mol. The molecule has 0 fully saturated rings. The third-order valence-corrected chi connectivity index (χ3v) is 6.18. The molecule has 1 N–H and O–H groups in total. The van der Waals surface area contributed by atoms with E-state index in [1.165, 1.54) is 11.0 Å². The highest BCUT2D eigenvalue weighted by molar-refractivity contribution is 7.92. The molecule has 174 valence electrons. The Labute approximate surface area is 194 Å². The van der Waals surface area contributed by atoms with Crippen molar-refractivity contribution in [1.29, 1.82) is 0 Å². The number of nitrogens with zero attached hydrogens (tertiary/aromatic N) is 2. The smallest absolute Gasteiger partial charge is 0.244 e. The minimum absolute atomic E-state index is 0.119. The lowest BCUT2D eigenvalue weighted by molar-refractivity contribution is -0.139. The number of rotatable bonds is 10. The SMILES string of the molecule is CCNC(=O)[C@@H](C)N(Cc1ccc(OC)cc1)C(=O)CN(c1cccc(Cl)c1)S(C)(=O)=O. The van der Waals surface area contributed by atoms with E-state index in [1.54, 1.807) is 63.4 Å². The highest BCUT2D eigenvalue weighted by atomic mass is 35.5. The number of hydrogen-bond acceptors (Lipinski definition) is 5. The summed E-state index contributed by atoms with van der Waals surface area (Å²) in [6.07, 6.45) is 1.02. The molecule has 0 saturated carbocycles. The molecule has 0 aliphatic rings. The van der Waals surface area contributed by atoms with E-state index in [4.69, 9.17) is 16.3 Å². The summed E-state index contributed by atoms with van der Waals surface area (Å²) in [7, 11) is -2.24. The zero-order valence-electron chi connectivity index (χ0n) is 18.5. The van der Waals surface area contributed by atoms with Crippen LogP contribution in [-0.2, 0) is 26.2 Å². The van der Waals surface area contributed by atoms with Crippen LogP contribution in [-0.4, -0.2) is 57.6 Å². The van der Waals surface area contributed by atoms with Crippen LogP contribution < -0.4 is 14.4 Å². The number of carbonyl (C=O) groups is 2. The number of sulfonamides is 1. The van der Waals surface area contributed by atoms with Gasteiger partial charge in [0.25, 0.3) is 0 Å². The minimum atomic E-state index is -3.79. The fourth-order valence-electron chi connectivity index (χ4n) is 3.08. The molecule has 0 radical (unpaired) electrons. The van der Waals surface area contributed by atoms with E-state index in [2.05, 4.69) is 5.32 Å². The lowest BCUT2D eigenvalue weighted by atomic mass is 10.1. The highest BCUT2D eigenvalue weighted by Crippen LogP contribution is 2.23. The largest absolute Gasteiger partial charge is 0.497 e. The lowest BCUT2D eigenvalue weighted by Gasteiger charge is -2.31. The molecule has 2 rings (SSSR count). The van der Waals surface area contributed by atoms with Crippen molar-refractivity contribution in [3.8, 4) is 5.75 Å². The predicted molar refractivity (Wildman–Crippen MR) is 125 cm³/mol. The van der Waals surface area contributed by atoms with Gasteiger partial charge in [-0.05, 0) is 49.7 Å². The molecule has 10 heteroatoms. The number of halogens is 1. The first-order valence-corrected chi connectivity index (χ1v) is 12.2. The van der Waals surface area contributed by atoms with E-state index in [1.807, 2.05) is 0 Å². The molecule has 0 saturated heterocycles. The van der Waals surface area contributed by atoms with Gasteiger partial charge in [-0.2, -0.15) is 0 Å². The number of methoxy groups -OCH3 is 1. The zero-order chi connectivity index (χ0) is 23.9. The Hall–Kier alpha value is -2.78. The van der Waals surface area contributed by atoms with Crippen molar-refractivity contribution in [3.63, 3.8) is 0 Å². The topological polar surface area (TPSA) is 96.0 Å². The highest BCUT2D eigenvalue weighted by Gasteiger charge is 2.30. The molecule has 0 spiro atoms. The second-order valence-corrected chi connectivity index (χ2v) is 9.53. The summed E-state index contributed by atoms with van der Waals surface area (Å²) in [4.78, 5) is 27.2. The van der Waals surface area contributed by atoms with E-state index < -0.39 is 28.5 Å². The third-order valence-electron chi connectivity index (χ3n) is 4.81. The molecule has 0 aliphatic carbocycles. The van der Waals surface area contributed by atoms with E-state index >= 15 is 0 Å². The molecule has 1 atom stereocenters. The summed E-state index contributed by atoms with van der Waals surface area (Å²) in [5, 5.41) is 3.05. The molecule has 0 unspecified atom stereocenters. The molecule has 0 heterocycles. The van der Waals surface area contributed by atoms with E-state index in [9.17, 15) is 18.0 Å². The van der Waals surface area contributed by atoms with E-state index in [0.717, 1.165) is 16.1 Å². The van der Waals surface area contributed by atoms with Crippen LogP contribution in [0.1, 0.15) is 19.4 Å².